The Kier molecular flexibility index (Phi) is 5.21. The van der Waals surface area contributed by atoms with Crippen molar-refractivity contribution in [2.24, 2.45) is 0 Å². The third kappa shape index (κ3) is 3.97. The van der Waals surface area contributed by atoms with Gasteiger partial charge < -0.3 is 4.90 Å². The van der Waals surface area contributed by atoms with Crippen molar-refractivity contribution in [2.75, 3.05) is 7.05 Å². The molecule has 3 rings (SSSR count). The van der Waals surface area contributed by atoms with Gasteiger partial charge in [0.15, 0.2) is 0 Å². The first kappa shape index (κ1) is 18.6. The molecule has 1 amide bonds. The van der Waals surface area contributed by atoms with E-state index in [1.54, 1.807) is 31.9 Å². The molecule has 0 aliphatic carbocycles. The fourth-order valence-electron chi connectivity index (χ4n) is 3.06. The number of benzene rings is 2. The third-order valence-electron chi connectivity index (χ3n) is 4.53. The van der Waals surface area contributed by atoms with E-state index >= 15 is 0 Å². The normalized spacial score (nSPS) is 11.2. The highest BCUT2D eigenvalue weighted by Crippen LogP contribution is 2.20. The Labute approximate surface area is 158 Å². The molecule has 0 saturated heterocycles. The lowest BCUT2D eigenvalue weighted by Crippen LogP contribution is -2.50. The van der Waals surface area contributed by atoms with Crippen molar-refractivity contribution >= 4 is 5.91 Å². The summed E-state index contributed by atoms with van der Waals surface area (Å²) in [6.45, 7) is 3.91. The third-order valence-corrected chi connectivity index (χ3v) is 4.53. The van der Waals surface area contributed by atoms with Gasteiger partial charge in [-0.1, -0.05) is 60.7 Å². The maximum absolute atomic E-state index is 13.1. The molecule has 0 bridgehead atoms. The number of aromatic nitrogens is 2. The molecule has 0 fully saturated rings. The Morgan fingerprint density at radius 1 is 0.963 bits per heavy atom. The van der Waals surface area contributed by atoms with Crippen molar-refractivity contribution in [3.8, 4) is 11.3 Å². The maximum atomic E-state index is 13.1. The number of nitrogens with zero attached hydrogens (tertiary/aromatic N) is 3. The minimum Gasteiger partial charge on any atom is -0.339 e. The molecule has 0 aliphatic rings. The highest BCUT2D eigenvalue weighted by atomic mass is 16.2. The molecule has 0 radical (unpaired) electrons. The molecular formula is C22H23N3O2. The quantitative estimate of drug-likeness (QED) is 0.701. The average molecular weight is 361 g/mol. The number of amides is 1. The molecule has 2 aromatic carbocycles. The van der Waals surface area contributed by atoms with Crippen LogP contribution in [-0.2, 0) is 16.9 Å². The predicted octanol–water partition coefficient (Wildman–Crippen LogP) is 3.30. The van der Waals surface area contributed by atoms with Crippen LogP contribution in [0.25, 0.3) is 11.3 Å². The summed E-state index contributed by atoms with van der Waals surface area (Å²) in [5.74, 6) is -0.175. The van der Waals surface area contributed by atoms with Gasteiger partial charge in [-0.2, -0.15) is 5.10 Å². The topological polar surface area (TPSA) is 55.2 Å². The Balaban J connectivity index is 1.91. The molecule has 138 valence electrons. The highest BCUT2D eigenvalue weighted by molar-refractivity contribution is 5.83. The van der Waals surface area contributed by atoms with Crippen LogP contribution in [0.15, 0.2) is 77.6 Å². The van der Waals surface area contributed by atoms with Gasteiger partial charge in [-0.25, -0.2) is 4.68 Å². The molecule has 0 saturated carbocycles. The van der Waals surface area contributed by atoms with Crippen molar-refractivity contribution < 1.29 is 4.79 Å². The van der Waals surface area contributed by atoms with Crippen LogP contribution in [0.4, 0.5) is 0 Å². The molecule has 1 heterocycles. The molecule has 0 N–H and O–H groups in total. The molecule has 5 heteroatoms. The summed E-state index contributed by atoms with van der Waals surface area (Å²) in [5, 5.41) is 4.48. The number of hydrogen-bond donors (Lipinski definition) is 0. The molecule has 0 atom stereocenters. The average Bonchev–Trinajstić information content (AvgIpc) is 2.69. The molecule has 0 spiro atoms. The summed E-state index contributed by atoms with van der Waals surface area (Å²) in [4.78, 5) is 27.2. The standard InChI is InChI=1S/C22H23N3O2/c1-22(2,21(27)24(3)16-17-10-6-4-7-11-17)25-20(26)15-14-19(23-25)18-12-8-5-9-13-18/h4-15H,16H2,1-3H3. The minimum absolute atomic E-state index is 0.175. The van der Waals surface area contributed by atoms with Crippen molar-refractivity contribution in [1.82, 2.24) is 14.7 Å². The van der Waals surface area contributed by atoms with Crippen molar-refractivity contribution in [1.29, 1.82) is 0 Å². The molecule has 1 aromatic heterocycles. The van der Waals surface area contributed by atoms with Gasteiger partial charge in [0.25, 0.3) is 5.56 Å². The summed E-state index contributed by atoms with van der Waals surface area (Å²) in [6.07, 6.45) is 0. The van der Waals surface area contributed by atoms with Gasteiger partial charge in [0.1, 0.15) is 5.54 Å². The lowest BCUT2D eigenvalue weighted by atomic mass is 10.0. The van der Waals surface area contributed by atoms with E-state index in [9.17, 15) is 9.59 Å². The predicted molar refractivity (Wildman–Crippen MR) is 106 cm³/mol. The van der Waals surface area contributed by atoms with Gasteiger partial charge in [0.05, 0.1) is 5.69 Å². The van der Waals surface area contributed by atoms with Gasteiger partial charge in [-0.05, 0) is 25.5 Å². The van der Waals surface area contributed by atoms with Gasteiger partial charge in [-0.15, -0.1) is 0 Å². The zero-order valence-corrected chi connectivity index (χ0v) is 15.8. The molecule has 5 nitrogen and oxygen atoms in total. The van der Waals surface area contributed by atoms with Gasteiger partial charge in [0.2, 0.25) is 5.91 Å². The van der Waals surface area contributed by atoms with Crippen molar-refractivity contribution in [3.63, 3.8) is 0 Å². The Hall–Kier alpha value is -3.21. The number of carbonyl (C=O) groups is 1. The number of rotatable bonds is 5. The van der Waals surface area contributed by atoms with E-state index < -0.39 is 5.54 Å². The molecule has 0 unspecified atom stereocenters. The van der Waals surface area contributed by atoms with Crippen LogP contribution >= 0.6 is 0 Å². The van der Waals surface area contributed by atoms with Crippen LogP contribution in [0.1, 0.15) is 19.4 Å². The van der Waals surface area contributed by atoms with E-state index in [0.717, 1.165) is 11.1 Å². The summed E-state index contributed by atoms with van der Waals surface area (Å²) in [6, 6.07) is 22.5. The summed E-state index contributed by atoms with van der Waals surface area (Å²) >= 11 is 0. The van der Waals surface area contributed by atoms with E-state index in [-0.39, 0.29) is 11.5 Å². The van der Waals surface area contributed by atoms with E-state index in [0.29, 0.717) is 12.2 Å². The minimum atomic E-state index is -1.11. The Morgan fingerprint density at radius 3 is 2.19 bits per heavy atom. The van der Waals surface area contributed by atoms with E-state index in [1.807, 2.05) is 60.7 Å². The first-order chi connectivity index (χ1) is 12.9. The van der Waals surface area contributed by atoms with Crippen molar-refractivity contribution in [3.05, 3.63) is 88.7 Å². The lowest BCUT2D eigenvalue weighted by Gasteiger charge is -2.30. The Morgan fingerprint density at radius 2 is 1.56 bits per heavy atom. The van der Waals surface area contributed by atoms with Crippen LogP contribution in [0.3, 0.4) is 0 Å². The van der Waals surface area contributed by atoms with E-state index in [2.05, 4.69) is 5.10 Å². The van der Waals surface area contributed by atoms with Gasteiger partial charge >= 0.3 is 0 Å². The fraction of sp³-hybridized carbons (Fsp3) is 0.227. The second-order valence-corrected chi connectivity index (χ2v) is 7.04. The second kappa shape index (κ2) is 7.58. The zero-order valence-electron chi connectivity index (χ0n) is 15.8. The Bertz CT molecular complexity index is 979. The molecular weight excluding hydrogens is 338 g/mol. The van der Waals surface area contributed by atoms with Crippen LogP contribution in [0.2, 0.25) is 0 Å². The molecule has 0 aliphatic heterocycles. The lowest BCUT2D eigenvalue weighted by molar-refractivity contribution is -0.139. The number of likely N-dealkylation sites (N-methyl/N-ethyl adjacent to an activating group) is 1. The van der Waals surface area contributed by atoms with Gasteiger partial charge in [0, 0.05) is 25.2 Å². The first-order valence-corrected chi connectivity index (χ1v) is 8.85. The summed E-state index contributed by atoms with van der Waals surface area (Å²) < 4.78 is 1.28. The summed E-state index contributed by atoms with van der Waals surface area (Å²) in [7, 11) is 1.74. The van der Waals surface area contributed by atoms with E-state index in [1.165, 1.54) is 10.7 Å². The second-order valence-electron chi connectivity index (χ2n) is 7.04. The molecule has 3 aromatic rings. The zero-order chi connectivity index (χ0) is 19.4. The van der Waals surface area contributed by atoms with E-state index in [4.69, 9.17) is 0 Å². The number of hydrogen-bond acceptors (Lipinski definition) is 3. The summed E-state index contributed by atoms with van der Waals surface area (Å²) in [5.41, 5.74) is 1.17. The van der Waals surface area contributed by atoms with Gasteiger partial charge in [-0.3, -0.25) is 9.59 Å². The first-order valence-electron chi connectivity index (χ1n) is 8.85. The SMILES string of the molecule is CN(Cc1ccccc1)C(=O)C(C)(C)n1nc(-c2ccccc2)ccc1=O. The van der Waals surface area contributed by atoms with Crippen LogP contribution < -0.4 is 5.56 Å². The maximum Gasteiger partial charge on any atom is 0.267 e. The monoisotopic (exact) mass is 361 g/mol. The van der Waals surface area contributed by atoms with Crippen LogP contribution in [0, 0.1) is 0 Å². The van der Waals surface area contributed by atoms with Crippen LogP contribution in [-0.4, -0.2) is 27.6 Å². The molecule has 27 heavy (non-hydrogen) atoms. The smallest absolute Gasteiger partial charge is 0.267 e. The highest BCUT2D eigenvalue weighted by Gasteiger charge is 2.34. The van der Waals surface area contributed by atoms with Crippen molar-refractivity contribution in [2.45, 2.75) is 25.9 Å². The fourth-order valence-corrected chi connectivity index (χ4v) is 3.06. The van der Waals surface area contributed by atoms with Crippen LogP contribution in [0.5, 0.6) is 0 Å². The largest absolute Gasteiger partial charge is 0.339 e. The number of carbonyl (C=O) groups excluding carboxylic acids is 1.